The molecule has 0 aliphatic heterocycles. The van der Waals surface area contributed by atoms with Crippen molar-refractivity contribution in [3.63, 3.8) is 0 Å². The molecule has 0 saturated carbocycles. The Morgan fingerprint density at radius 1 is 0.789 bits per heavy atom. The molecule has 38 heavy (non-hydrogen) atoms. The number of rotatable bonds is 8. The van der Waals surface area contributed by atoms with Crippen molar-refractivity contribution in [2.75, 3.05) is 5.32 Å². The highest BCUT2D eigenvalue weighted by Crippen LogP contribution is 2.27. The van der Waals surface area contributed by atoms with E-state index in [0.717, 1.165) is 5.56 Å². The first-order valence-electron chi connectivity index (χ1n) is 11.5. The molecule has 0 spiro atoms. The number of pyridine rings is 1. The fourth-order valence-electron chi connectivity index (χ4n) is 3.39. The van der Waals surface area contributed by atoms with Crippen LogP contribution in [0, 0.1) is 0 Å². The summed E-state index contributed by atoms with van der Waals surface area (Å²) in [6, 6.07) is 23.5. The van der Waals surface area contributed by atoms with Crippen LogP contribution >= 0.6 is 23.2 Å². The van der Waals surface area contributed by atoms with E-state index in [1.54, 1.807) is 97.3 Å². The third-order valence-corrected chi connectivity index (χ3v) is 6.18. The van der Waals surface area contributed by atoms with E-state index < -0.39 is 11.8 Å². The Kier molecular flexibility index (Phi) is 8.82. The largest absolute Gasteiger partial charge is 0.321 e. The summed E-state index contributed by atoms with van der Waals surface area (Å²) in [5.74, 6) is -1.24. The summed E-state index contributed by atoms with van der Waals surface area (Å²) in [6.07, 6.45) is 7.90. The number of carbonyl (C=O) groups is 3. The maximum atomic E-state index is 13.2. The van der Waals surface area contributed by atoms with Crippen molar-refractivity contribution in [2.45, 2.75) is 0 Å². The molecule has 1 aromatic heterocycles. The van der Waals surface area contributed by atoms with Crippen LogP contribution in [0.4, 0.5) is 5.69 Å². The number of allylic oxidation sites excluding steroid dienone is 1. The molecule has 0 fully saturated rings. The Morgan fingerprint density at radius 2 is 1.55 bits per heavy atom. The first-order chi connectivity index (χ1) is 18.4. The molecule has 6 nitrogen and oxygen atoms in total. The zero-order valence-corrected chi connectivity index (χ0v) is 21.4. The summed E-state index contributed by atoms with van der Waals surface area (Å²) in [6.45, 7) is 0. The van der Waals surface area contributed by atoms with Gasteiger partial charge < -0.3 is 10.6 Å². The van der Waals surface area contributed by atoms with E-state index in [4.69, 9.17) is 23.2 Å². The highest BCUT2D eigenvalue weighted by Gasteiger charge is 2.16. The van der Waals surface area contributed by atoms with Gasteiger partial charge in [-0.25, -0.2) is 0 Å². The number of ketones is 1. The number of carbonyl (C=O) groups excluding carboxylic acids is 3. The van der Waals surface area contributed by atoms with Crippen LogP contribution in [0.25, 0.3) is 12.2 Å². The van der Waals surface area contributed by atoms with Gasteiger partial charge in [-0.1, -0.05) is 59.6 Å². The first kappa shape index (κ1) is 26.5. The van der Waals surface area contributed by atoms with Gasteiger partial charge in [-0.3, -0.25) is 19.4 Å². The van der Waals surface area contributed by atoms with Crippen LogP contribution in [-0.2, 0) is 4.79 Å². The summed E-state index contributed by atoms with van der Waals surface area (Å²) in [7, 11) is 0. The fraction of sp³-hybridized carbons (Fsp3) is 0. The van der Waals surface area contributed by atoms with Crippen molar-refractivity contribution in [2.24, 2.45) is 0 Å². The summed E-state index contributed by atoms with van der Waals surface area (Å²) >= 11 is 12.4. The van der Waals surface area contributed by atoms with Crippen LogP contribution in [0.2, 0.25) is 10.0 Å². The summed E-state index contributed by atoms with van der Waals surface area (Å²) < 4.78 is 0. The predicted molar refractivity (Wildman–Crippen MR) is 151 cm³/mol. The number of nitrogens with one attached hydrogen (secondary N) is 2. The number of benzene rings is 3. The SMILES string of the molecule is O=C(Nc1ccc(C(=O)/C=C/c2cccnc2)cc1)/C(=C/c1cccc(Cl)c1Cl)NC(=O)c1ccccc1. The molecule has 2 N–H and O–H groups in total. The highest BCUT2D eigenvalue weighted by atomic mass is 35.5. The zero-order chi connectivity index (χ0) is 26.9. The van der Waals surface area contributed by atoms with E-state index >= 15 is 0 Å². The number of aromatic nitrogens is 1. The molecule has 0 saturated heterocycles. The molecule has 2 amide bonds. The second-order valence-corrected chi connectivity index (χ2v) is 8.82. The third-order valence-electron chi connectivity index (χ3n) is 5.35. The van der Waals surface area contributed by atoms with Crippen LogP contribution in [0.1, 0.15) is 31.8 Å². The van der Waals surface area contributed by atoms with Crippen molar-refractivity contribution in [3.05, 3.63) is 141 Å². The number of anilines is 1. The van der Waals surface area contributed by atoms with E-state index in [0.29, 0.717) is 27.4 Å². The Morgan fingerprint density at radius 3 is 2.26 bits per heavy atom. The summed E-state index contributed by atoms with van der Waals surface area (Å²) in [5.41, 5.74) is 2.48. The van der Waals surface area contributed by atoms with Gasteiger partial charge in [0, 0.05) is 29.2 Å². The molecule has 4 rings (SSSR count). The average molecular weight is 542 g/mol. The lowest BCUT2D eigenvalue weighted by molar-refractivity contribution is -0.113. The maximum Gasteiger partial charge on any atom is 0.272 e. The number of halogens is 2. The minimum atomic E-state index is -0.583. The molecule has 3 aromatic carbocycles. The molecule has 0 aliphatic rings. The molecule has 0 radical (unpaired) electrons. The number of nitrogens with zero attached hydrogens (tertiary/aromatic N) is 1. The summed E-state index contributed by atoms with van der Waals surface area (Å²) in [5, 5.41) is 5.95. The standard InChI is InChI=1S/C30H21Cl2N3O3/c31-25-10-4-9-23(28(25)32)18-26(35-29(37)22-7-2-1-3-8-22)30(38)34-24-14-12-21(13-15-24)27(36)16-11-20-6-5-17-33-19-20/h1-19H,(H,34,38)(H,35,37)/b16-11+,26-18-. The molecular weight excluding hydrogens is 521 g/mol. The van der Waals surface area contributed by atoms with Crippen LogP contribution in [0.5, 0.6) is 0 Å². The Balaban J connectivity index is 1.53. The minimum absolute atomic E-state index is 0.0393. The second kappa shape index (κ2) is 12.6. The van der Waals surface area contributed by atoms with Crippen molar-refractivity contribution in [1.82, 2.24) is 10.3 Å². The molecule has 0 unspecified atom stereocenters. The topological polar surface area (TPSA) is 88.2 Å². The van der Waals surface area contributed by atoms with Crippen molar-refractivity contribution in [3.8, 4) is 0 Å². The van der Waals surface area contributed by atoms with Gasteiger partial charge in [-0.15, -0.1) is 0 Å². The van der Waals surface area contributed by atoms with Gasteiger partial charge in [-0.2, -0.15) is 0 Å². The van der Waals surface area contributed by atoms with E-state index in [2.05, 4.69) is 15.6 Å². The van der Waals surface area contributed by atoms with Crippen LogP contribution in [0.15, 0.2) is 109 Å². The van der Waals surface area contributed by atoms with E-state index in [9.17, 15) is 14.4 Å². The van der Waals surface area contributed by atoms with Gasteiger partial charge in [0.1, 0.15) is 5.70 Å². The van der Waals surface area contributed by atoms with Gasteiger partial charge in [0.05, 0.1) is 10.0 Å². The maximum absolute atomic E-state index is 13.2. The van der Waals surface area contributed by atoms with E-state index in [-0.39, 0.29) is 16.5 Å². The van der Waals surface area contributed by atoms with E-state index in [1.165, 1.54) is 12.2 Å². The lowest BCUT2D eigenvalue weighted by Gasteiger charge is -2.12. The van der Waals surface area contributed by atoms with E-state index in [1.807, 2.05) is 6.07 Å². The molecule has 1 heterocycles. The third kappa shape index (κ3) is 7.03. The van der Waals surface area contributed by atoms with Gasteiger partial charge in [-0.05, 0) is 77.9 Å². The fourth-order valence-corrected chi connectivity index (χ4v) is 3.75. The minimum Gasteiger partial charge on any atom is -0.321 e. The lowest BCUT2D eigenvalue weighted by atomic mass is 10.1. The van der Waals surface area contributed by atoms with Gasteiger partial charge >= 0.3 is 0 Å². The highest BCUT2D eigenvalue weighted by molar-refractivity contribution is 6.43. The van der Waals surface area contributed by atoms with Crippen LogP contribution < -0.4 is 10.6 Å². The smallest absolute Gasteiger partial charge is 0.272 e. The Labute approximate surface area is 229 Å². The van der Waals surface area contributed by atoms with Crippen molar-refractivity contribution >= 4 is 58.6 Å². The Hall–Kier alpha value is -4.52. The summed E-state index contributed by atoms with van der Waals surface area (Å²) in [4.78, 5) is 42.5. The second-order valence-electron chi connectivity index (χ2n) is 8.04. The molecule has 188 valence electrons. The van der Waals surface area contributed by atoms with Gasteiger partial charge in [0.25, 0.3) is 11.8 Å². The lowest BCUT2D eigenvalue weighted by Crippen LogP contribution is -2.30. The number of amides is 2. The van der Waals surface area contributed by atoms with Crippen LogP contribution in [0.3, 0.4) is 0 Å². The normalized spacial score (nSPS) is 11.3. The van der Waals surface area contributed by atoms with Crippen molar-refractivity contribution in [1.29, 1.82) is 0 Å². The monoisotopic (exact) mass is 541 g/mol. The predicted octanol–water partition coefficient (Wildman–Crippen LogP) is 6.69. The first-order valence-corrected chi connectivity index (χ1v) is 12.2. The molecule has 0 atom stereocenters. The molecular formula is C30H21Cl2N3O3. The number of hydrogen-bond acceptors (Lipinski definition) is 4. The Bertz CT molecular complexity index is 1520. The quantitative estimate of drug-likeness (QED) is 0.192. The molecule has 0 aliphatic carbocycles. The van der Waals surface area contributed by atoms with Gasteiger partial charge in [0.15, 0.2) is 5.78 Å². The molecule has 0 bridgehead atoms. The molecule has 4 aromatic rings. The van der Waals surface area contributed by atoms with Crippen LogP contribution in [-0.4, -0.2) is 22.6 Å². The molecule has 8 heteroatoms. The van der Waals surface area contributed by atoms with Crippen molar-refractivity contribution < 1.29 is 14.4 Å². The average Bonchev–Trinajstić information content (AvgIpc) is 2.95. The zero-order valence-electron chi connectivity index (χ0n) is 19.9. The number of hydrogen-bond donors (Lipinski definition) is 2. The van der Waals surface area contributed by atoms with Gasteiger partial charge in [0.2, 0.25) is 0 Å².